The van der Waals surface area contributed by atoms with Crippen LogP contribution in [0.25, 0.3) is 0 Å². The molecule has 5 heteroatoms. The van der Waals surface area contributed by atoms with Crippen molar-refractivity contribution in [1.29, 1.82) is 0 Å². The van der Waals surface area contributed by atoms with Crippen molar-refractivity contribution in [3.05, 3.63) is 47.7 Å². The molecule has 0 unspecified atom stereocenters. The number of carbonyl (C=O) groups excluding carboxylic acids is 2. The lowest BCUT2D eigenvalue weighted by Crippen LogP contribution is -2.33. The summed E-state index contributed by atoms with van der Waals surface area (Å²) < 4.78 is 7.00. The molecular weight excluding hydrogens is 244 g/mol. The standard InChI is InChI=1S/C14H16N2O3/c1-10-5-6-11(19-10)7-8-15-14(18)13(17)12-4-3-9-16(12)2/h3-6,9H,7-8H2,1-2H3,(H,15,18). The number of hydrogen-bond donors (Lipinski definition) is 1. The van der Waals surface area contributed by atoms with E-state index in [4.69, 9.17) is 4.42 Å². The Kier molecular flexibility index (Phi) is 3.85. The Bertz CT molecular complexity index is 595. The van der Waals surface area contributed by atoms with Gasteiger partial charge in [0, 0.05) is 26.2 Å². The van der Waals surface area contributed by atoms with E-state index >= 15 is 0 Å². The van der Waals surface area contributed by atoms with E-state index in [9.17, 15) is 9.59 Å². The summed E-state index contributed by atoms with van der Waals surface area (Å²) in [5.74, 6) is 0.513. The number of amides is 1. The summed E-state index contributed by atoms with van der Waals surface area (Å²) in [4.78, 5) is 23.5. The Hall–Kier alpha value is -2.30. The predicted octanol–water partition coefficient (Wildman–Crippen LogP) is 1.47. The number of aryl methyl sites for hydroxylation is 2. The second-order valence-electron chi connectivity index (χ2n) is 4.35. The number of furan rings is 1. The summed E-state index contributed by atoms with van der Waals surface area (Å²) in [5, 5.41) is 2.59. The van der Waals surface area contributed by atoms with Gasteiger partial charge in [-0.3, -0.25) is 9.59 Å². The molecule has 0 bridgehead atoms. The second-order valence-corrected chi connectivity index (χ2v) is 4.35. The van der Waals surface area contributed by atoms with E-state index < -0.39 is 11.7 Å². The van der Waals surface area contributed by atoms with Crippen LogP contribution in [-0.2, 0) is 18.3 Å². The van der Waals surface area contributed by atoms with Gasteiger partial charge in [0.2, 0.25) is 0 Å². The molecule has 2 heterocycles. The first-order valence-electron chi connectivity index (χ1n) is 6.07. The highest BCUT2D eigenvalue weighted by Gasteiger charge is 2.17. The fraction of sp³-hybridized carbons (Fsp3) is 0.286. The third-order valence-corrected chi connectivity index (χ3v) is 2.84. The van der Waals surface area contributed by atoms with Crippen LogP contribution in [0.2, 0.25) is 0 Å². The van der Waals surface area contributed by atoms with Gasteiger partial charge in [0.25, 0.3) is 11.7 Å². The Balaban J connectivity index is 1.85. The third kappa shape index (κ3) is 3.13. The summed E-state index contributed by atoms with van der Waals surface area (Å²) in [6.07, 6.45) is 2.30. The smallest absolute Gasteiger partial charge is 0.294 e. The van der Waals surface area contributed by atoms with Gasteiger partial charge in [-0.05, 0) is 31.2 Å². The van der Waals surface area contributed by atoms with E-state index in [0.717, 1.165) is 11.5 Å². The fourth-order valence-electron chi connectivity index (χ4n) is 1.81. The van der Waals surface area contributed by atoms with Crippen LogP contribution in [0.4, 0.5) is 0 Å². The molecule has 100 valence electrons. The minimum absolute atomic E-state index is 0.377. The average molecular weight is 260 g/mol. The van der Waals surface area contributed by atoms with Crippen molar-refractivity contribution in [2.24, 2.45) is 7.05 Å². The molecular formula is C14H16N2O3. The van der Waals surface area contributed by atoms with Crippen molar-refractivity contribution in [1.82, 2.24) is 9.88 Å². The normalized spacial score (nSPS) is 10.4. The molecule has 0 aliphatic heterocycles. The fourth-order valence-corrected chi connectivity index (χ4v) is 1.81. The molecule has 0 atom stereocenters. The second kappa shape index (κ2) is 5.56. The largest absolute Gasteiger partial charge is 0.466 e. The lowest BCUT2D eigenvalue weighted by atomic mass is 10.2. The van der Waals surface area contributed by atoms with E-state index in [0.29, 0.717) is 18.7 Å². The highest BCUT2D eigenvalue weighted by atomic mass is 16.3. The molecule has 2 aromatic heterocycles. The molecule has 1 amide bonds. The van der Waals surface area contributed by atoms with Gasteiger partial charge in [0.15, 0.2) is 0 Å². The van der Waals surface area contributed by atoms with Gasteiger partial charge in [-0.2, -0.15) is 0 Å². The van der Waals surface area contributed by atoms with Crippen molar-refractivity contribution >= 4 is 11.7 Å². The summed E-state index contributed by atoms with van der Waals surface area (Å²) in [6.45, 7) is 2.24. The van der Waals surface area contributed by atoms with Crippen molar-refractivity contribution < 1.29 is 14.0 Å². The van der Waals surface area contributed by atoms with Gasteiger partial charge < -0.3 is 14.3 Å². The Morgan fingerprint density at radius 1 is 1.32 bits per heavy atom. The summed E-state index contributed by atoms with van der Waals surface area (Å²) in [6, 6.07) is 7.08. The summed E-state index contributed by atoms with van der Waals surface area (Å²) in [5.41, 5.74) is 0.381. The van der Waals surface area contributed by atoms with Gasteiger partial charge in [-0.25, -0.2) is 0 Å². The molecule has 1 N–H and O–H groups in total. The van der Waals surface area contributed by atoms with Gasteiger partial charge in [-0.15, -0.1) is 0 Å². The van der Waals surface area contributed by atoms with E-state index in [1.54, 1.807) is 29.9 Å². The molecule has 2 rings (SSSR count). The molecule has 0 fully saturated rings. The highest BCUT2D eigenvalue weighted by molar-refractivity contribution is 6.42. The topological polar surface area (TPSA) is 64.2 Å². The quantitative estimate of drug-likeness (QED) is 0.654. The molecule has 0 saturated heterocycles. The van der Waals surface area contributed by atoms with Gasteiger partial charge in [0.1, 0.15) is 11.5 Å². The predicted molar refractivity (Wildman–Crippen MR) is 69.9 cm³/mol. The van der Waals surface area contributed by atoms with Crippen LogP contribution in [0.3, 0.4) is 0 Å². The van der Waals surface area contributed by atoms with E-state index in [1.165, 1.54) is 0 Å². The first-order chi connectivity index (χ1) is 9.08. The monoisotopic (exact) mass is 260 g/mol. The maximum Gasteiger partial charge on any atom is 0.294 e. The van der Waals surface area contributed by atoms with Crippen LogP contribution in [0.1, 0.15) is 22.0 Å². The highest BCUT2D eigenvalue weighted by Crippen LogP contribution is 2.06. The van der Waals surface area contributed by atoms with Crippen LogP contribution in [0.5, 0.6) is 0 Å². The number of Topliss-reactive ketones (excluding diaryl/α,β-unsaturated/α-hetero) is 1. The molecule has 0 radical (unpaired) electrons. The van der Waals surface area contributed by atoms with Crippen LogP contribution in [0.15, 0.2) is 34.9 Å². The van der Waals surface area contributed by atoms with Crippen molar-refractivity contribution in [3.63, 3.8) is 0 Å². The molecule has 0 saturated carbocycles. The zero-order valence-corrected chi connectivity index (χ0v) is 11.0. The minimum Gasteiger partial charge on any atom is -0.466 e. The zero-order valence-electron chi connectivity index (χ0n) is 11.0. The number of rotatable bonds is 5. The maximum atomic E-state index is 11.8. The first-order valence-corrected chi connectivity index (χ1v) is 6.07. The Morgan fingerprint density at radius 3 is 2.68 bits per heavy atom. The maximum absolute atomic E-state index is 11.8. The van der Waals surface area contributed by atoms with Crippen molar-refractivity contribution in [2.75, 3.05) is 6.54 Å². The van der Waals surface area contributed by atoms with Crippen LogP contribution < -0.4 is 5.32 Å². The van der Waals surface area contributed by atoms with E-state index in [2.05, 4.69) is 5.32 Å². The summed E-state index contributed by atoms with van der Waals surface area (Å²) >= 11 is 0. The Morgan fingerprint density at radius 2 is 2.11 bits per heavy atom. The summed E-state index contributed by atoms with van der Waals surface area (Å²) in [7, 11) is 1.73. The van der Waals surface area contributed by atoms with E-state index in [1.807, 2.05) is 19.1 Å². The molecule has 19 heavy (non-hydrogen) atoms. The van der Waals surface area contributed by atoms with Crippen LogP contribution in [-0.4, -0.2) is 22.8 Å². The van der Waals surface area contributed by atoms with E-state index in [-0.39, 0.29) is 0 Å². The number of nitrogens with zero attached hydrogens (tertiary/aromatic N) is 1. The first kappa shape index (κ1) is 13.1. The number of hydrogen-bond acceptors (Lipinski definition) is 3. The van der Waals surface area contributed by atoms with Crippen LogP contribution >= 0.6 is 0 Å². The van der Waals surface area contributed by atoms with Gasteiger partial charge in [-0.1, -0.05) is 0 Å². The van der Waals surface area contributed by atoms with Gasteiger partial charge >= 0.3 is 0 Å². The lowest BCUT2D eigenvalue weighted by molar-refractivity contribution is -0.117. The number of carbonyl (C=O) groups is 2. The molecule has 0 aliphatic rings. The SMILES string of the molecule is Cc1ccc(CCNC(=O)C(=O)c2cccn2C)o1. The van der Waals surface area contributed by atoms with Crippen LogP contribution in [0, 0.1) is 6.92 Å². The molecule has 2 aromatic rings. The average Bonchev–Trinajstić information content (AvgIpc) is 2.97. The zero-order chi connectivity index (χ0) is 13.8. The number of nitrogens with one attached hydrogen (secondary N) is 1. The lowest BCUT2D eigenvalue weighted by Gasteiger charge is -2.04. The Labute approximate surface area is 111 Å². The molecule has 0 spiro atoms. The van der Waals surface area contributed by atoms with Gasteiger partial charge in [0.05, 0.1) is 5.69 Å². The van der Waals surface area contributed by atoms with Crippen molar-refractivity contribution in [3.8, 4) is 0 Å². The molecule has 0 aromatic carbocycles. The minimum atomic E-state index is -0.593. The molecule has 0 aliphatic carbocycles. The number of ketones is 1. The van der Waals surface area contributed by atoms with Crippen molar-refractivity contribution in [2.45, 2.75) is 13.3 Å². The third-order valence-electron chi connectivity index (χ3n) is 2.84. The number of aromatic nitrogens is 1. The molecule has 5 nitrogen and oxygen atoms in total.